The van der Waals surface area contributed by atoms with Crippen LogP contribution in [0.1, 0.15) is 16.8 Å². The first-order valence-electron chi connectivity index (χ1n) is 6.00. The van der Waals surface area contributed by atoms with E-state index in [1.54, 1.807) is 13.0 Å². The van der Waals surface area contributed by atoms with Crippen LogP contribution in [-0.4, -0.2) is 21.7 Å². The lowest BCUT2D eigenvalue weighted by Crippen LogP contribution is -2.18. The van der Waals surface area contributed by atoms with Crippen LogP contribution < -0.4 is 5.56 Å². The molecule has 1 aromatic heterocycles. The van der Waals surface area contributed by atoms with Crippen molar-refractivity contribution in [1.29, 1.82) is 0 Å². The summed E-state index contributed by atoms with van der Waals surface area (Å²) in [6, 6.07) is 4.35. The van der Waals surface area contributed by atoms with Crippen molar-refractivity contribution in [3.05, 3.63) is 51.2 Å². The minimum absolute atomic E-state index is 0.107. The topological polar surface area (TPSA) is 66.0 Å². The van der Waals surface area contributed by atoms with Gasteiger partial charge in [-0.1, -0.05) is 6.07 Å². The molecule has 0 fully saturated rings. The van der Waals surface area contributed by atoms with Gasteiger partial charge in [0.15, 0.2) is 0 Å². The molecular weight excluding hydrogens is 247 g/mol. The molecule has 4 nitrogen and oxygen atoms in total. The van der Waals surface area contributed by atoms with Crippen molar-refractivity contribution in [3.8, 4) is 11.4 Å². The fourth-order valence-corrected chi connectivity index (χ4v) is 1.99. The quantitative estimate of drug-likeness (QED) is 0.885. The summed E-state index contributed by atoms with van der Waals surface area (Å²) >= 11 is 0. The number of aromatic amines is 1. The van der Waals surface area contributed by atoms with E-state index in [2.05, 4.69) is 9.97 Å². The van der Waals surface area contributed by atoms with Gasteiger partial charge in [-0.25, -0.2) is 9.37 Å². The predicted octanol–water partition coefficient (Wildman–Crippen LogP) is 1.73. The normalized spacial score (nSPS) is 10.7. The van der Waals surface area contributed by atoms with Crippen molar-refractivity contribution in [1.82, 2.24) is 9.97 Å². The molecule has 100 valence electrons. The van der Waals surface area contributed by atoms with Crippen LogP contribution in [0.25, 0.3) is 11.4 Å². The smallest absolute Gasteiger partial charge is 0.254 e. The van der Waals surface area contributed by atoms with Crippen LogP contribution in [-0.2, 0) is 6.42 Å². The molecule has 0 atom stereocenters. The molecular formula is C14H15FN2O2. The summed E-state index contributed by atoms with van der Waals surface area (Å²) in [5, 5.41) is 8.91. The number of H-pyrrole nitrogens is 1. The Hall–Kier alpha value is -2.01. The average molecular weight is 262 g/mol. The molecule has 5 heteroatoms. The third-order valence-electron chi connectivity index (χ3n) is 3.04. The first-order chi connectivity index (χ1) is 9.02. The number of nitrogens with one attached hydrogen (secondary N) is 1. The Labute approximate surface area is 110 Å². The molecule has 2 aromatic rings. The molecule has 0 saturated carbocycles. The molecule has 0 spiro atoms. The van der Waals surface area contributed by atoms with Gasteiger partial charge in [-0.3, -0.25) is 4.79 Å². The minimum atomic E-state index is -0.375. The van der Waals surface area contributed by atoms with Gasteiger partial charge in [0.05, 0.1) is 0 Å². The Morgan fingerprint density at radius 1 is 1.37 bits per heavy atom. The zero-order valence-corrected chi connectivity index (χ0v) is 10.8. The van der Waals surface area contributed by atoms with E-state index >= 15 is 0 Å². The number of aromatic nitrogens is 2. The Kier molecular flexibility index (Phi) is 3.76. The summed E-state index contributed by atoms with van der Waals surface area (Å²) in [6.45, 7) is 3.42. The fourth-order valence-electron chi connectivity index (χ4n) is 1.99. The van der Waals surface area contributed by atoms with Crippen LogP contribution in [0.15, 0.2) is 23.0 Å². The highest BCUT2D eigenvalue weighted by atomic mass is 19.1. The van der Waals surface area contributed by atoms with Gasteiger partial charge in [0.2, 0.25) is 0 Å². The Morgan fingerprint density at radius 2 is 2.11 bits per heavy atom. The molecule has 0 aliphatic heterocycles. The number of aliphatic hydroxyl groups excluding tert-OH is 1. The number of benzene rings is 1. The molecule has 0 saturated heterocycles. The third kappa shape index (κ3) is 2.71. The van der Waals surface area contributed by atoms with Crippen molar-refractivity contribution in [2.75, 3.05) is 6.61 Å². The van der Waals surface area contributed by atoms with Gasteiger partial charge < -0.3 is 10.1 Å². The van der Waals surface area contributed by atoms with Crippen LogP contribution in [0.3, 0.4) is 0 Å². The van der Waals surface area contributed by atoms with E-state index in [4.69, 9.17) is 5.11 Å². The van der Waals surface area contributed by atoms with Gasteiger partial charge in [0, 0.05) is 29.8 Å². The van der Waals surface area contributed by atoms with E-state index in [0.717, 1.165) is 5.56 Å². The molecule has 0 aliphatic carbocycles. The van der Waals surface area contributed by atoms with Gasteiger partial charge in [-0.15, -0.1) is 0 Å². The highest BCUT2D eigenvalue weighted by Crippen LogP contribution is 2.20. The van der Waals surface area contributed by atoms with Crippen LogP contribution in [0.2, 0.25) is 0 Å². The number of halogens is 1. The van der Waals surface area contributed by atoms with Gasteiger partial charge in [-0.2, -0.15) is 0 Å². The van der Waals surface area contributed by atoms with E-state index < -0.39 is 0 Å². The summed E-state index contributed by atoms with van der Waals surface area (Å²) in [4.78, 5) is 18.9. The van der Waals surface area contributed by atoms with Crippen molar-refractivity contribution in [3.63, 3.8) is 0 Å². The van der Waals surface area contributed by atoms with E-state index in [9.17, 15) is 9.18 Å². The number of rotatable bonds is 3. The second-order valence-corrected chi connectivity index (χ2v) is 4.41. The zero-order valence-electron chi connectivity index (χ0n) is 10.8. The maximum Gasteiger partial charge on any atom is 0.254 e. The van der Waals surface area contributed by atoms with Crippen LogP contribution in [0, 0.1) is 19.7 Å². The SMILES string of the molecule is Cc1ccc(F)cc1-c1nc(C)c(CCO)c(=O)[nH]1. The monoisotopic (exact) mass is 262 g/mol. The maximum atomic E-state index is 13.3. The van der Waals surface area contributed by atoms with Crippen LogP contribution in [0.4, 0.5) is 4.39 Å². The predicted molar refractivity (Wildman–Crippen MR) is 70.5 cm³/mol. The molecule has 0 aliphatic rings. The zero-order chi connectivity index (χ0) is 14.0. The summed E-state index contributed by atoms with van der Waals surface area (Å²) in [6.07, 6.45) is 0.260. The van der Waals surface area contributed by atoms with E-state index in [-0.39, 0.29) is 24.4 Å². The first kappa shape index (κ1) is 13.4. The van der Waals surface area contributed by atoms with Gasteiger partial charge >= 0.3 is 0 Å². The molecule has 1 heterocycles. The van der Waals surface area contributed by atoms with Gasteiger partial charge in [-0.05, 0) is 31.5 Å². The Bertz CT molecular complexity index is 665. The van der Waals surface area contributed by atoms with Crippen LogP contribution >= 0.6 is 0 Å². The molecule has 1 aromatic carbocycles. The highest BCUT2D eigenvalue weighted by Gasteiger charge is 2.11. The van der Waals surface area contributed by atoms with Crippen LogP contribution in [0.5, 0.6) is 0 Å². The molecule has 0 unspecified atom stereocenters. The lowest BCUT2D eigenvalue weighted by Gasteiger charge is -2.08. The molecule has 0 radical (unpaired) electrons. The lowest BCUT2D eigenvalue weighted by atomic mass is 10.1. The first-order valence-corrected chi connectivity index (χ1v) is 6.00. The highest BCUT2D eigenvalue weighted by molar-refractivity contribution is 5.60. The van der Waals surface area contributed by atoms with Crippen molar-refractivity contribution < 1.29 is 9.50 Å². The largest absolute Gasteiger partial charge is 0.396 e. The van der Waals surface area contributed by atoms with Crippen molar-refractivity contribution in [2.24, 2.45) is 0 Å². The number of hydrogen-bond donors (Lipinski definition) is 2. The number of aliphatic hydroxyl groups is 1. The minimum Gasteiger partial charge on any atom is -0.396 e. The maximum absolute atomic E-state index is 13.3. The summed E-state index contributed by atoms with van der Waals surface area (Å²) < 4.78 is 13.3. The van der Waals surface area contributed by atoms with Gasteiger partial charge in [0.1, 0.15) is 11.6 Å². The Morgan fingerprint density at radius 3 is 2.74 bits per heavy atom. The second kappa shape index (κ2) is 5.32. The average Bonchev–Trinajstić information content (AvgIpc) is 2.36. The summed E-state index contributed by atoms with van der Waals surface area (Å²) in [5.74, 6) is -0.0264. The summed E-state index contributed by atoms with van der Waals surface area (Å²) in [7, 11) is 0. The second-order valence-electron chi connectivity index (χ2n) is 4.41. The fraction of sp³-hybridized carbons (Fsp3) is 0.286. The van der Waals surface area contributed by atoms with E-state index in [1.807, 2.05) is 6.92 Å². The molecule has 0 amide bonds. The molecule has 2 rings (SSSR count). The lowest BCUT2D eigenvalue weighted by molar-refractivity contribution is 0.298. The number of nitrogens with zero attached hydrogens (tertiary/aromatic N) is 1. The molecule has 2 N–H and O–H groups in total. The molecule has 0 bridgehead atoms. The Balaban J connectivity index is 2.58. The molecule has 19 heavy (non-hydrogen) atoms. The number of aryl methyl sites for hydroxylation is 2. The van der Waals surface area contributed by atoms with Crippen molar-refractivity contribution in [2.45, 2.75) is 20.3 Å². The summed E-state index contributed by atoms with van der Waals surface area (Å²) in [5.41, 5.74) is 2.12. The van der Waals surface area contributed by atoms with E-state index in [0.29, 0.717) is 22.6 Å². The van der Waals surface area contributed by atoms with E-state index in [1.165, 1.54) is 12.1 Å². The van der Waals surface area contributed by atoms with Gasteiger partial charge in [0.25, 0.3) is 5.56 Å². The third-order valence-corrected chi connectivity index (χ3v) is 3.04. The number of hydrogen-bond acceptors (Lipinski definition) is 3. The van der Waals surface area contributed by atoms with Crippen molar-refractivity contribution >= 4 is 0 Å². The standard InChI is InChI=1S/C14H15FN2O2/c1-8-3-4-10(15)7-12(8)13-16-9(2)11(5-6-18)14(19)17-13/h3-4,7,18H,5-6H2,1-2H3,(H,16,17,19).